The van der Waals surface area contributed by atoms with Crippen molar-refractivity contribution in [3.63, 3.8) is 0 Å². The Kier molecular flexibility index (Phi) is 5.52. The zero-order chi connectivity index (χ0) is 17.5. The van der Waals surface area contributed by atoms with Crippen molar-refractivity contribution in [2.75, 3.05) is 5.43 Å². The fourth-order valence-electron chi connectivity index (χ4n) is 2.00. The van der Waals surface area contributed by atoms with Gasteiger partial charge >= 0.3 is 0 Å². The van der Waals surface area contributed by atoms with Crippen molar-refractivity contribution >= 4 is 17.2 Å². The molecular weight excluding hydrogens is 306 g/mol. The average molecular weight is 325 g/mol. The van der Waals surface area contributed by atoms with E-state index in [9.17, 15) is 0 Å². The molecule has 8 heteroatoms. The summed E-state index contributed by atoms with van der Waals surface area (Å²) in [4.78, 5) is 0. The highest BCUT2D eigenvalue weighted by Crippen LogP contribution is 2.18. The SMILES string of the molecule is CCn1ncc(COc2ccc(N/N=C(\C#N)C(=N)N)cc2)c1C. The minimum atomic E-state index is -0.382. The smallest absolute Gasteiger partial charge is 0.201 e. The van der Waals surface area contributed by atoms with Gasteiger partial charge in [-0.1, -0.05) is 0 Å². The molecule has 1 heterocycles. The first kappa shape index (κ1) is 17.0. The van der Waals surface area contributed by atoms with Gasteiger partial charge in [0.2, 0.25) is 5.71 Å². The van der Waals surface area contributed by atoms with Crippen molar-refractivity contribution in [1.82, 2.24) is 9.78 Å². The molecule has 0 aliphatic heterocycles. The van der Waals surface area contributed by atoms with Gasteiger partial charge in [0.25, 0.3) is 0 Å². The molecule has 124 valence electrons. The maximum Gasteiger partial charge on any atom is 0.201 e. The van der Waals surface area contributed by atoms with Crippen LogP contribution in [0.4, 0.5) is 5.69 Å². The summed E-state index contributed by atoms with van der Waals surface area (Å²) in [7, 11) is 0. The Hall–Kier alpha value is -3.34. The van der Waals surface area contributed by atoms with Crippen molar-refractivity contribution in [3.8, 4) is 11.8 Å². The van der Waals surface area contributed by atoms with Gasteiger partial charge in [-0.25, -0.2) is 0 Å². The van der Waals surface area contributed by atoms with E-state index in [4.69, 9.17) is 21.1 Å². The van der Waals surface area contributed by atoms with Crippen LogP contribution in [0.2, 0.25) is 0 Å². The van der Waals surface area contributed by atoms with E-state index in [1.165, 1.54) is 0 Å². The molecule has 0 unspecified atom stereocenters. The summed E-state index contributed by atoms with van der Waals surface area (Å²) in [5.74, 6) is 0.327. The number of benzene rings is 1. The summed E-state index contributed by atoms with van der Waals surface area (Å²) in [6.07, 6.45) is 1.81. The topological polar surface area (TPSA) is 125 Å². The number of nitriles is 1. The van der Waals surface area contributed by atoms with E-state index in [0.717, 1.165) is 17.8 Å². The van der Waals surface area contributed by atoms with Crippen LogP contribution in [0.25, 0.3) is 0 Å². The Morgan fingerprint density at radius 2 is 2.17 bits per heavy atom. The summed E-state index contributed by atoms with van der Waals surface area (Å²) in [5, 5.41) is 24.0. The lowest BCUT2D eigenvalue weighted by atomic mass is 10.2. The van der Waals surface area contributed by atoms with E-state index in [2.05, 4.69) is 15.6 Å². The number of rotatable bonds is 7. The number of hydrogen-bond acceptors (Lipinski definition) is 6. The van der Waals surface area contributed by atoms with Crippen LogP contribution in [0.1, 0.15) is 18.2 Å². The fraction of sp³-hybridized carbons (Fsp3) is 0.250. The molecule has 0 aliphatic carbocycles. The van der Waals surface area contributed by atoms with Gasteiger partial charge in [-0.05, 0) is 38.1 Å². The van der Waals surface area contributed by atoms with Gasteiger partial charge in [0.15, 0.2) is 5.84 Å². The number of nitrogens with zero attached hydrogens (tertiary/aromatic N) is 4. The normalized spacial score (nSPS) is 11.0. The van der Waals surface area contributed by atoms with E-state index >= 15 is 0 Å². The summed E-state index contributed by atoms with van der Waals surface area (Å²) in [6, 6.07) is 8.84. The van der Waals surface area contributed by atoms with Crippen molar-refractivity contribution in [1.29, 1.82) is 10.7 Å². The zero-order valence-corrected chi connectivity index (χ0v) is 13.6. The molecule has 0 fully saturated rings. The largest absolute Gasteiger partial charge is 0.489 e. The molecule has 4 N–H and O–H groups in total. The van der Waals surface area contributed by atoms with E-state index in [0.29, 0.717) is 18.0 Å². The third-order valence-electron chi connectivity index (χ3n) is 3.41. The van der Waals surface area contributed by atoms with Gasteiger partial charge in [0.05, 0.1) is 11.9 Å². The number of anilines is 1. The molecule has 1 aromatic heterocycles. The molecule has 0 saturated carbocycles. The van der Waals surface area contributed by atoms with Crippen molar-refractivity contribution in [2.45, 2.75) is 27.0 Å². The van der Waals surface area contributed by atoms with Crippen molar-refractivity contribution in [3.05, 3.63) is 41.7 Å². The molecular formula is C16H19N7O. The Morgan fingerprint density at radius 1 is 1.46 bits per heavy atom. The lowest BCUT2D eigenvalue weighted by Crippen LogP contribution is -2.21. The number of ether oxygens (including phenoxy) is 1. The van der Waals surface area contributed by atoms with Crippen LogP contribution in [0.3, 0.4) is 0 Å². The van der Waals surface area contributed by atoms with Gasteiger partial charge in [-0.3, -0.25) is 15.5 Å². The van der Waals surface area contributed by atoms with Gasteiger partial charge in [-0.2, -0.15) is 15.5 Å². The predicted octanol–water partition coefficient (Wildman–Crippen LogP) is 2.02. The number of amidine groups is 1. The molecule has 0 radical (unpaired) electrons. The predicted molar refractivity (Wildman–Crippen MR) is 92.0 cm³/mol. The number of aryl methyl sites for hydroxylation is 1. The number of aromatic nitrogens is 2. The summed E-state index contributed by atoms with van der Waals surface area (Å²) < 4.78 is 7.67. The van der Waals surface area contributed by atoms with Gasteiger partial charge in [0, 0.05) is 17.8 Å². The van der Waals surface area contributed by atoms with Crippen molar-refractivity contribution < 1.29 is 4.74 Å². The Balaban J connectivity index is 1.96. The number of nitrogens with two attached hydrogens (primary N) is 1. The van der Waals surface area contributed by atoms with Crippen molar-refractivity contribution in [2.24, 2.45) is 10.8 Å². The lowest BCUT2D eigenvalue weighted by molar-refractivity contribution is 0.305. The quantitative estimate of drug-likeness (QED) is 0.408. The average Bonchev–Trinajstić information content (AvgIpc) is 2.94. The highest BCUT2D eigenvalue weighted by Gasteiger charge is 2.06. The first-order valence-electron chi connectivity index (χ1n) is 7.37. The van der Waals surface area contributed by atoms with E-state index < -0.39 is 0 Å². The van der Waals surface area contributed by atoms with Crippen LogP contribution in [-0.2, 0) is 13.2 Å². The number of hydrogen-bond donors (Lipinski definition) is 3. The third-order valence-corrected chi connectivity index (χ3v) is 3.41. The third kappa shape index (κ3) is 4.10. The Morgan fingerprint density at radius 3 is 2.71 bits per heavy atom. The van der Waals surface area contributed by atoms with Gasteiger partial charge in [-0.15, -0.1) is 0 Å². The van der Waals surface area contributed by atoms with Gasteiger partial charge in [0.1, 0.15) is 18.4 Å². The van der Waals surface area contributed by atoms with Crippen LogP contribution >= 0.6 is 0 Å². The molecule has 0 aliphatic rings. The molecule has 1 aromatic carbocycles. The lowest BCUT2D eigenvalue weighted by Gasteiger charge is -2.07. The van der Waals surface area contributed by atoms with E-state index in [1.54, 1.807) is 30.3 Å². The monoisotopic (exact) mass is 325 g/mol. The van der Waals surface area contributed by atoms with E-state index in [1.807, 2.05) is 24.7 Å². The highest BCUT2D eigenvalue weighted by molar-refractivity contribution is 6.45. The zero-order valence-electron chi connectivity index (χ0n) is 13.6. The molecule has 0 bridgehead atoms. The standard InChI is InChI=1S/C16H19N7O/c1-3-23-11(2)12(9-20-23)10-24-14-6-4-13(5-7-14)21-22-15(8-17)16(18)19/h4-7,9,21H,3,10H2,1-2H3,(H3,18,19)/b22-15+. The van der Waals surface area contributed by atoms with Crippen LogP contribution in [0.15, 0.2) is 35.6 Å². The second-order valence-corrected chi connectivity index (χ2v) is 4.98. The first-order chi connectivity index (χ1) is 11.5. The summed E-state index contributed by atoms with van der Waals surface area (Å²) >= 11 is 0. The van der Waals surface area contributed by atoms with Crippen LogP contribution in [0.5, 0.6) is 5.75 Å². The Labute approximate surface area is 140 Å². The van der Waals surface area contributed by atoms with Crippen LogP contribution in [0, 0.1) is 23.7 Å². The maximum absolute atomic E-state index is 8.77. The molecule has 0 spiro atoms. The minimum Gasteiger partial charge on any atom is -0.489 e. The molecule has 0 atom stereocenters. The molecule has 0 saturated heterocycles. The summed E-state index contributed by atoms with van der Waals surface area (Å²) in [5.41, 5.74) is 10.5. The first-order valence-corrected chi connectivity index (χ1v) is 7.37. The minimum absolute atomic E-state index is 0.168. The van der Waals surface area contributed by atoms with Gasteiger partial charge < -0.3 is 10.5 Å². The second-order valence-electron chi connectivity index (χ2n) is 4.98. The second kappa shape index (κ2) is 7.78. The summed E-state index contributed by atoms with van der Waals surface area (Å²) in [6.45, 7) is 5.34. The van der Waals surface area contributed by atoms with Crippen LogP contribution in [-0.4, -0.2) is 21.3 Å². The highest BCUT2D eigenvalue weighted by atomic mass is 16.5. The maximum atomic E-state index is 8.77. The molecule has 2 aromatic rings. The van der Waals surface area contributed by atoms with E-state index in [-0.39, 0.29) is 11.5 Å². The molecule has 24 heavy (non-hydrogen) atoms. The fourth-order valence-corrected chi connectivity index (χ4v) is 2.00. The number of nitrogens with one attached hydrogen (secondary N) is 2. The number of hydrazone groups is 1. The molecule has 2 rings (SSSR count). The molecule has 0 amide bonds. The van der Waals surface area contributed by atoms with Crippen LogP contribution < -0.4 is 15.9 Å². The Bertz CT molecular complexity index is 784. The molecule has 8 nitrogen and oxygen atoms in total.